The Hall–Kier alpha value is -0.570. The third kappa shape index (κ3) is 3.97. The van der Waals surface area contributed by atoms with Crippen LogP contribution in [0.2, 0.25) is 0 Å². The van der Waals surface area contributed by atoms with Crippen molar-refractivity contribution < 1.29 is 4.79 Å². The predicted molar refractivity (Wildman–Crippen MR) is 37.2 cm³/mol. The topological polar surface area (TPSA) is 41.1 Å². The summed E-state index contributed by atoms with van der Waals surface area (Å²) >= 11 is 0. The van der Waals surface area contributed by atoms with E-state index in [2.05, 4.69) is 10.6 Å². The standard InChI is InChI=1S/C6H14N2O/c1-5(7-2)4-6(9)8-3/h5,7H,4H2,1-3H3,(H,8,9). The Balaban J connectivity index is 3.34. The molecule has 0 aliphatic carbocycles. The zero-order chi connectivity index (χ0) is 7.28. The lowest BCUT2D eigenvalue weighted by atomic mass is 10.2. The Morgan fingerprint density at radius 3 is 2.44 bits per heavy atom. The lowest BCUT2D eigenvalue weighted by molar-refractivity contribution is -0.120. The van der Waals surface area contributed by atoms with Crippen molar-refractivity contribution in [2.75, 3.05) is 14.1 Å². The Bertz CT molecular complexity index is 93.1. The van der Waals surface area contributed by atoms with E-state index in [1.807, 2.05) is 14.0 Å². The minimum Gasteiger partial charge on any atom is -0.359 e. The van der Waals surface area contributed by atoms with E-state index in [1.54, 1.807) is 7.05 Å². The molecule has 0 saturated carbocycles. The first-order valence-electron chi connectivity index (χ1n) is 3.08. The van der Waals surface area contributed by atoms with Gasteiger partial charge >= 0.3 is 0 Å². The molecule has 9 heavy (non-hydrogen) atoms. The van der Waals surface area contributed by atoms with E-state index < -0.39 is 0 Å². The summed E-state index contributed by atoms with van der Waals surface area (Å²) in [5, 5.41) is 5.52. The minimum absolute atomic E-state index is 0.0804. The molecule has 0 fully saturated rings. The number of rotatable bonds is 3. The van der Waals surface area contributed by atoms with Crippen molar-refractivity contribution >= 4 is 5.91 Å². The van der Waals surface area contributed by atoms with Crippen molar-refractivity contribution in [3.8, 4) is 0 Å². The molecule has 0 radical (unpaired) electrons. The summed E-state index contributed by atoms with van der Waals surface area (Å²) in [5.41, 5.74) is 0. The highest BCUT2D eigenvalue weighted by Gasteiger charge is 2.02. The lowest BCUT2D eigenvalue weighted by Crippen LogP contribution is -2.29. The fraction of sp³-hybridized carbons (Fsp3) is 0.833. The molecule has 1 atom stereocenters. The normalized spacial score (nSPS) is 12.8. The van der Waals surface area contributed by atoms with Crippen LogP contribution in [0, 0.1) is 0 Å². The molecular weight excluding hydrogens is 116 g/mol. The average molecular weight is 130 g/mol. The van der Waals surface area contributed by atoms with E-state index in [-0.39, 0.29) is 11.9 Å². The summed E-state index contributed by atoms with van der Waals surface area (Å²) in [4.78, 5) is 10.6. The van der Waals surface area contributed by atoms with E-state index in [0.29, 0.717) is 6.42 Å². The molecule has 0 aromatic heterocycles. The monoisotopic (exact) mass is 130 g/mol. The van der Waals surface area contributed by atoms with Gasteiger partial charge in [-0.2, -0.15) is 0 Å². The quantitative estimate of drug-likeness (QED) is 0.552. The van der Waals surface area contributed by atoms with E-state index in [1.165, 1.54) is 0 Å². The largest absolute Gasteiger partial charge is 0.359 e. The number of amides is 1. The third-order valence-corrected chi connectivity index (χ3v) is 1.26. The van der Waals surface area contributed by atoms with Crippen molar-refractivity contribution in [1.82, 2.24) is 10.6 Å². The summed E-state index contributed by atoms with van der Waals surface area (Å²) in [7, 11) is 3.48. The molecule has 0 saturated heterocycles. The first-order chi connectivity index (χ1) is 4.20. The molecule has 0 bridgehead atoms. The third-order valence-electron chi connectivity index (χ3n) is 1.26. The Labute approximate surface area is 55.8 Å². The molecule has 1 amide bonds. The van der Waals surface area contributed by atoms with Crippen molar-refractivity contribution in [2.24, 2.45) is 0 Å². The molecule has 3 nitrogen and oxygen atoms in total. The summed E-state index contributed by atoms with van der Waals surface area (Å²) in [5.74, 6) is 0.0804. The molecule has 0 rings (SSSR count). The van der Waals surface area contributed by atoms with Gasteiger partial charge in [0.25, 0.3) is 0 Å². The molecule has 2 N–H and O–H groups in total. The second-order valence-corrected chi connectivity index (χ2v) is 2.07. The van der Waals surface area contributed by atoms with Crippen LogP contribution in [-0.4, -0.2) is 26.0 Å². The first kappa shape index (κ1) is 8.43. The predicted octanol–water partition coefficient (Wildman–Crippen LogP) is -0.270. The highest BCUT2D eigenvalue weighted by Crippen LogP contribution is 1.86. The summed E-state index contributed by atoms with van der Waals surface area (Å²) in [6.45, 7) is 1.97. The molecular formula is C6H14N2O. The zero-order valence-electron chi connectivity index (χ0n) is 6.19. The molecule has 0 aromatic carbocycles. The highest BCUT2D eigenvalue weighted by molar-refractivity contribution is 5.76. The van der Waals surface area contributed by atoms with Gasteiger partial charge in [0.15, 0.2) is 0 Å². The number of carbonyl (C=O) groups is 1. The number of carbonyl (C=O) groups excluding carboxylic acids is 1. The maximum absolute atomic E-state index is 10.6. The summed E-state index contributed by atoms with van der Waals surface area (Å²) < 4.78 is 0. The lowest BCUT2D eigenvalue weighted by Gasteiger charge is -2.06. The molecule has 0 aliphatic heterocycles. The second kappa shape index (κ2) is 4.32. The van der Waals surface area contributed by atoms with Crippen LogP contribution >= 0.6 is 0 Å². The van der Waals surface area contributed by atoms with Crippen molar-refractivity contribution in [1.29, 1.82) is 0 Å². The van der Waals surface area contributed by atoms with Crippen LogP contribution in [0.25, 0.3) is 0 Å². The molecule has 54 valence electrons. The van der Waals surface area contributed by atoms with Crippen LogP contribution in [-0.2, 0) is 4.79 Å². The number of hydrogen-bond acceptors (Lipinski definition) is 2. The first-order valence-corrected chi connectivity index (χ1v) is 3.08. The van der Waals surface area contributed by atoms with Gasteiger partial charge in [0.05, 0.1) is 0 Å². The summed E-state index contributed by atoms with van der Waals surface area (Å²) in [6, 6.07) is 0.268. The Morgan fingerprint density at radius 2 is 2.11 bits per heavy atom. The van der Waals surface area contributed by atoms with Crippen LogP contribution in [0.3, 0.4) is 0 Å². The van der Waals surface area contributed by atoms with Crippen LogP contribution in [0.4, 0.5) is 0 Å². The molecule has 1 unspecified atom stereocenters. The fourth-order valence-electron chi connectivity index (χ4n) is 0.482. The smallest absolute Gasteiger partial charge is 0.221 e. The fourth-order valence-corrected chi connectivity index (χ4v) is 0.482. The van der Waals surface area contributed by atoms with Gasteiger partial charge in [-0.1, -0.05) is 0 Å². The van der Waals surface area contributed by atoms with Crippen molar-refractivity contribution in [2.45, 2.75) is 19.4 Å². The van der Waals surface area contributed by atoms with Crippen LogP contribution in [0.5, 0.6) is 0 Å². The molecule has 0 spiro atoms. The van der Waals surface area contributed by atoms with Gasteiger partial charge in [-0.3, -0.25) is 4.79 Å². The van der Waals surface area contributed by atoms with Gasteiger partial charge in [0.1, 0.15) is 0 Å². The average Bonchev–Trinajstić information content (AvgIpc) is 1.87. The Morgan fingerprint density at radius 1 is 1.56 bits per heavy atom. The van der Waals surface area contributed by atoms with Gasteiger partial charge in [0.2, 0.25) is 5.91 Å². The van der Waals surface area contributed by atoms with E-state index in [4.69, 9.17) is 0 Å². The van der Waals surface area contributed by atoms with Gasteiger partial charge in [-0.15, -0.1) is 0 Å². The summed E-state index contributed by atoms with van der Waals surface area (Å²) in [6.07, 6.45) is 0.549. The van der Waals surface area contributed by atoms with Gasteiger partial charge in [-0.05, 0) is 14.0 Å². The second-order valence-electron chi connectivity index (χ2n) is 2.07. The van der Waals surface area contributed by atoms with Gasteiger partial charge in [0, 0.05) is 19.5 Å². The maximum Gasteiger partial charge on any atom is 0.221 e. The number of nitrogens with one attached hydrogen (secondary N) is 2. The SMILES string of the molecule is CNC(=O)CC(C)NC. The Kier molecular flexibility index (Phi) is 4.05. The van der Waals surface area contributed by atoms with Gasteiger partial charge < -0.3 is 10.6 Å². The molecule has 0 heterocycles. The molecule has 0 aliphatic rings. The highest BCUT2D eigenvalue weighted by atomic mass is 16.1. The molecule has 0 aromatic rings. The van der Waals surface area contributed by atoms with Crippen LogP contribution in [0.1, 0.15) is 13.3 Å². The zero-order valence-corrected chi connectivity index (χ0v) is 6.19. The number of hydrogen-bond donors (Lipinski definition) is 2. The maximum atomic E-state index is 10.6. The van der Waals surface area contributed by atoms with E-state index in [0.717, 1.165) is 0 Å². The van der Waals surface area contributed by atoms with Crippen LogP contribution < -0.4 is 10.6 Å². The molecule has 3 heteroatoms. The minimum atomic E-state index is 0.0804. The van der Waals surface area contributed by atoms with E-state index >= 15 is 0 Å². The van der Waals surface area contributed by atoms with Crippen LogP contribution in [0.15, 0.2) is 0 Å². The van der Waals surface area contributed by atoms with Crippen molar-refractivity contribution in [3.05, 3.63) is 0 Å². The van der Waals surface area contributed by atoms with Gasteiger partial charge in [-0.25, -0.2) is 0 Å². The van der Waals surface area contributed by atoms with Crippen molar-refractivity contribution in [3.63, 3.8) is 0 Å². The van der Waals surface area contributed by atoms with E-state index in [9.17, 15) is 4.79 Å².